The fraction of sp³-hybridized carbons (Fsp3) is 0.143. The van der Waals surface area contributed by atoms with E-state index in [-0.39, 0.29) is 0 Å². The van der Waals surface area contributed by atoms with Crippen molar-refractivity contribution in [1.29, 1.82) is 0 Å². The maximum Gasteiger partial charge on any atom is 0.0845 e. The minimum atomic E-state index is -0.709. The van der Waals surface area contributed by atoms with Crippen LogP contribution in [-0.2, 0) is 6.42 Å². The molecule has 1 unspecified atom stereocenters. The summed E-state index contributed by atoms with van der Waals surface area (Å²) in [5, 5.41) is 11.9. The number of aliphatic hydroxyl groups is 1. The Morgan fingerprint density at radius 1 is 1.00 bits per heavy atom. The van der Waals surface area contributed by atoms with E-state index in [1.807, 2.05) is 6.07 Å². The van der Waals surface area contributed by atoms with Crippen molar-refractivity contribution >= 4 is 50.7 Å². The summed E-state index contributed by atoms with van der Waals surface area (Å²) in [6.45, 7) is 0. The second-order valence-electron chi connectivity index (χ2n) is 4.12. The summed E-state index contributed by atoms with van der Waals surface area (Å²) in [5.41, 5.74) is 1.51. The van der Waals surface area contributed by atoms with E-state index in [1.165, 1.54) is 0 Å². The first-order valence-corrected chi connectivity index (χ1v) is 7.47. The quantitative estimate of drug-likeness (QED) is 0.726. The van der Waals surface area contributed by atoms with Crippen molar-refractivity contribution in [3.63, 3.8) is 0 Å². The van der Waals surface area contributed by atoms with Crippen LogP contribution in [0.2, 0.25) is 15.1 Å². The van der Waals surface area contributed by atoms with Crippen LogP contribution in [-0.4, -0.2) is 5.11 Å². The maximum atomic E-state index is 10.2. The molecule has 1 nitrogen and oxygen atoms in total. The van der Waals surface area contributed by atoms with Gasteiger partial charge in [0.25, 0.3) is 0 Å². The standard InChI is InChI=1S/C14H10BrCl3O/c15-9-2-4-11(13(18)6-9)14(19)5-8-1-3-10(16)7-12(8)17/h1-4,6-7,14,19H,5H2. The lowest BCUT2D eigenvalue weighted by molar-refractivity contribution is 0.178. The third-order valence-electron chi connectivity index (χ3n) is 2.75. The largest absolute Gasteiger partial charge is 0.388 e. The number of aliphatic hydroxyl groups excluding tert-OH is 1. The van der Waals surface area contributed by atoms with Crippen LogP contribution >= 0.6 is 50.7 Å². The molecule has 0 radical (unpaired) electrons. The highest BCUT2D eigenvalue weighted by atomic mass is 79.9. The molecule has 5 heteroatoms. The number of hydrogen-bond donors (Lipinski definition) is 1. The molecule has 0 heterocycles. The number of benzene rings is 2. The van der Waals surface area contributed by atoms with Gasteiger partial charge in [0.15, 0.2) is 0 Å². The average Bonchev–Trinajstić information content (AvgIpc) is 2.32. The predicted molar refractivity (Wildman–Crippen MR) is 84.3 cm³/mol. The minimum Gasteiger partial charge on any atom is -0.388 e. The van der Waals surface area contributed by atoms with Crippen molar-refractivity contribution in [3.8, 4) is 0 Å². The predicted octanol–water partition coefficient (Wildman–Crippen LogP) is 5.69. The molecule has 0 aliphatic heterocycles. The van der Waals surface area contributed by atoms with Gasteiger partial charge in [0.2, 0.25) is 0 Å². The molecule has 19 heavy (non-hydrogen) atoms. The van der Waals surface area contributed by atoms with Gasteiger partial charge < -0.3 is 5.11 Å². The molecule has 1 atom stereocenters. The van der Waals surface area contributed by atoms with Crippen molar-refractivity contribution in [1.82, 2.24) is 0 Å². The number of hydrogen-bond acceptors (Lipinski definition) is 1. The van der Waals surface area contributed by atoms with Gasteiger partial charge in [0.1, 0.15) is 0 Å². The van der Waals surface area contributed by atoms with Gasteiger partial charge in [0.05, 0.1) is 6.10 Å². The molecule has 0 aliphatic carbocycles. The average molecular weight is 380 g/mol. The van der Waals surface area contributed by atoms with Crippen LogP contribution in [0.25, 0.3) is 0 Å². The van der Waals surface area contributed by atoms with E-state index in [9.17, 15) is 5.11 Å². The lowest BCUT2D eigenvalue weighted by Gasteiger charge is -2.14. The van der Waals surface area contributed by atoms with Gasteiger partial charge in [0, 0.05) is 26.0 Å². The fourth-order valence-corrected chi connectivity index (χ4v) is 3.06. The molecule has 0 aliphatic rings. The maximum absolute atomic E-state index is 10.2. The Balaban J connectivity index is 2.23. The van der Waals surface area contributed by atoms with E-state index in [4.69, 9.17) is 34.8 Å². The molecule has 0 spiro atoms. The Morgan fingerprint density at radius 3 is 2.37 bits per heavy atom. The first kappa shape index (κ1) is 15.1. The van der Waals surface area contributed by atoms with E-state index < -0.39 is 6.10 Å². The lowest BCUT2D eigenvalue weighted by atomic mass is 10.0. The van der Waals surface area contributed by atoms with E-state index in [0.717, 1.165) is 10.0 Å². The molecule has 1 N–H and O–H groups in total. The molecular weight excluding hydrogens is 370 g/mol. The first-order chi connectivity index (χ1) is 8.97. The summed E-state index contributed by atoms with van der Waals surface area (Å²) >= 11 is 21.4. The fourth-order valence-electron chi connectivity index (χ4n) is 1.78. The van der Waals surface area contributed by atoms with E-state index in [2.05, 4.69) is 15.9 Å². The van der Waals surface area contributed by atoms with Gasteiger partial charge in [-0.25, -0.2) is 0 Å². The Hall–Kier alpha value is -0.250. The third-order valence-corrected chi connectivity index (χ3v) is 4.16. The molecule has 0 amide bonds. The highest BCUT2D eigenvalue weighted by Crippen LogP contribution is 2.30. The Labute approximate surface area is 135 Å². The zero-order chi connectivity index (χ0) is 14.0. The van der Waals surface area contributed by atoms with Gasteiger partial charge >= 0.3 is 0 Å². The molecule has 0 bridgehead atoms. The number of rotatable bonds is 3. The van der Waals surface area contributed by atoms with Crippen molar-refractivity contribution in [2.75, 3.05) is 0 Å². The van der Waals surface area contributed by atoms with Crippen molar-refractivity contribution < 1.29 is 5.11 Å². The van der Waals surface area contributed by atoms with Crippen molar-refractivity contribution in [2.45, 2.75) is 12.5 Å². The van der Waals surface area contributed by atoms with Crippen molar-refractivity contribution in [3.05, 3.63) is 67.1 Å². The zero-order valence-corrected chi connectivity index (χ0v) is 13.6. The number of halogens is 4. The van der Waals surface area contributed by atoms with Crippen LogP contribution in [0, 0.1) is 0 Å². The Bertz CT molecular complexity index is 601. The van der Waals surface area contributed by atoms with Crippen LogP contribution in [0.1, 0.15) is 17.2 Å². The second-order valence-corrected chi connectivity index (χ2v) is 6.29. The Kier molecular flexibility index (Phi) is 5.15. The highest BCUT2D eigenvalue weighted by molar-refractivity contribution is 9.10. The van der Waals surface area contributed by atoms with E-state index in [1.54, 1.807) is 30.3 Å². The highest BCUT2D eigenvalue weighted by Gasteiger charge is 2.14. The molecule has 0 saturated heterocycles. The van der Waals surface area contributed by atoms with E-state index in [0.29, 0.717) is 27.1 Å². The summed E-state index contributed by atoms with van der Waals surface area (Å²) in [4.78, 5) is 0. The summed E-state index contributed by atoms with van der Waals surface area (Å²) in [6, 6.07) is 10.6. The van der Waals surface area contributed by atoms with Crippen LogP contribution in [0.15, 0.2) is 40.9 Å². The third kappa shape index (κ3) is 3.87. The summed E-state index contributed by atoms with van der Waals surface area (Å²) < 4.78 is 0.873. The molecule has 2 aromatic carbocycles. The van der Waals surface area contributed by atoms with E-state index >= 15 is 0 Å². The second kappa shape index (κ2) is 6.47. The normalized spacial score (nSPS) is 12.5. The minimum absolute atomic E-state index is 0.386. The summed E-state index contributed by atoms with van der Waals surface area (Å²) in [5.74, 6) is 0. The van der Waals surface area contributed by atoms with Gasteiger partial charge in [-0.3, -0.25) is 0 Å². The first-order valence-electron chi connectivity index (χ1n) is 5.54. The van der Waals surface area contributed by atoms with Gasteiger partial charge in [-0.1, -0.05) is 62.9 Å². The Morgan fingerprint density at radius 2 is 1.74 bits per heavy atom. The van der Waals surface area contributed by atoms with Crippen LogP contribution in [0.4, 0.5) is 0 Å². The van der Waals surface area contributed by atoms with Gasteiger partial charge in [-0.2, -0.15) is 0 Å². The molecule has 0 fully saturated rings. The van der Waals surface area contributed by atoms with Crippen LogP contribution < -0.4 is 0 Å². The topological polar surface area (TPSA) is 20.2 Å². The molecule has 0 saturated carbocycles. The smallest absolute Gasteiger partial charge is 0.0845 e. The van der Waals surface area contributed by atoms with Crippen LogP contribution in [0.3, 0.4) is 0 Å². The SMILES string of the molecule is OC(Cc1ccc(Cl)cc1Cl)c1ccc(Br)cc1Cl. The molecule has 2 rings (SSSR count). The molecular formula is C14H10BrCl3O. The molecule has 100 valence electrons. The van der Waals surface area contributed by atoms with Gasteiger partial charge in [-0.05, 0) is 35.4 Å². The zero-order valence-electron chi connectivity index (χ0n) is 9.71. The van der Waals surface area contributed by atoms with Crippen LogP contribution in [0.5, 0.6) is 0 Å². The summed E-state index contributed by atoms with van der Waals surface area (Å²) in [6.07, 6.45) is -0.323. The molecule has 2 aromatic rings. The summed E-state index contributed by atoms with van der Waals surface area (Å²) in [7, 11) is 0. The molecule has 0 aromatic heterocycles. The monoisotopic (exact) mass is 378 g/mol. The van der Waals surface area contributed by atoms with Crippen molar-refractivity contribution in [2.24, 2.45) is 0 Å². The van der Waals surface area contributed by atoms with Gasteiger partial charge in [-0.15, -0.1) is 0 Å². The lowest BCUT2D eigenvalue weighted by Crippen LogP contribution is -2.03.